The normalized spacial score (nSPS) is 22.6. The standard InChI is InChI=1S/C12H15NO2.ClH/c1-2-6-13-10(3-1)9-4-5-11-12(7-9)15-8-14-11;/h4-5,7,10,13H,1-3,6,8H2;1H/t10-;/m1./s1. The van der Waals surface area contributed by atoms with Crippen LogP contribution in [0.3, 0.4) is 0 Å². The number of hydrogen-bond donors (Lipinski definition) is 1. The fourth-order valence-corrected chi connectivity index (χ4v) is 2.27. The van der Waals surface area contributed by atoms with Crippen molar-refractivity contribution in [3.8, 4) is 11.5 Å². The average molecular weight is 242 g/mol. The topological polar surface area (TPSA) is 30.5 Å². The van der Waals surface area contributed by atoms with E-state index in [1.165, 1.54) is 24.8 Å². The molecule has 1 aromatic rings. The van der Waals surface area contributed by atoms with E-state index in [-0.39, 0.29) is 12.4 Å². The summed E-state index contributed by atoms with van der Waals surface area (Å²) in [7, 11) is 0. The quantitative estimate of drug-likeness (QED) is 0.820. The summed E-state index contributed by atoms with van der Waals surface area (Å²) in [6.07, 6.45) is 3.83. The predicted octanol–water partition coefficient (Wildman–Crippen LogP) is 2.65. The van der Waals surface area contributed by atoms with E-state index >= 15 is 0 Å². The number of halogens is 1. The molecule has 0 unspecified atom stereocenters. The molecule has 0 bridgehead atoms. The van der Waals surface area contributed by atoms with Gasteiger partial charge >= 0.3 is 0 Å². The second-order valence-electron chi connectivity index (χ2n) is 4.12. The molecule has 3 rings (SSSR count). The molecule has 0 radical (unpaired) electrons. The molecule has 1 aromatic carbocycles. The van der Waals surface area contributed by atoms with Crippen molar-refractivity contribution in [2.75, 3.05) is 13.3 Å². The van der Waals surface area contributed by atoms with Gasteiger partial charge in [-0.1, -0.05) is 12.5 Å². The molecular weight excluding hydrogens is 226 g/mol. The number of rotatable bonds is 1. The Kier molecular flexibility index (Phi) is 3.56. The molecule has 16 heavy (non-hydrogen) atoms. The van der Waals surface area contributed by atoms with Crippen LogP contribution in [0.15, 0.2) is 18.2 Å². The Morgan fingerprint density at radius 3 is 2.81 bits per heavy atom. The van der Waals surface area contributed by atoms with Crippen LogP contribution in [0.2, 0.25) is 0 Å². The highest BCUT2D eigenvalue weighted by Crippen LogP contribution is 2.35. The zero-order chi connectivity index (χ0) is 10.1. The third-order valence-electron chi connectivity index (χ3n) is 3.11. The van der Waals surface area contributed by atoms with E-state index < -0.39 is 0 Å². The third kappa shape index (κ3) is 2.11. The van der Waals surface area contributed by atoms with Crippen LogP contribution in [-0.4, -0.2) is 13.3 Å². The van der Waals surface area contributed by atoms with E-state index in [0.717, 1.165) is 18.0 Å². The van der Waals surface area contributed by atoms with Gasteiger partial charge in [0, 0.05) is 6.04 Å². The second kappa shape index (κ2) is 4.93. The molecule has 0 spiro atoms. The molecule has 0 aliphatic carbocycles. The fraction of sp³-hybridized carbons (Fsp3) is 0.500. The molecule has 1 saturated heterocycles. The molecule has 1 N–H and O–H groups in total. The van der Waals surface area contributed by atoms with Crippen LogP contribution in [0.5, 0.6) is 11.5 Å². The highest BCUT2D eigenvalue weighted by Gasteiger charge is 2.19. The molecule has 1 atom stereocenters. The van der Waals surface area contributed by atoms with E-state index in [2.05, 4.69) is 17.4 Å². The highest BCUT2D eigenvalue weighted by molar-refractivity contribution is 5.85. The zero-order valence-electron chi connectivity index (χ0n) is 9.07. The number of benzene rings is 1. The summed E-state index contributed by atoms with van der Waals surface area (Å²) in [4.78, 5) is 0. The van der Waals surface area contributed by atoms with Crippen LogP contribution >= 0.6 is 12.4 Å². The van der Waals surface area contributed by atoms with Crippen molar-refractivity contribution in [3.63, 3.8) is 0 Å². The molecule has 2 heterocycles. The van der Waals surface area contributed by atoms with Crippen LogP contribution in [0.4, 0.5) is 0 Å². The number of hydrogen-bond acceptors (Lipinski definition) is 3. The zero-order valence-corrected chi connectivity index (χ0v) is 9.89. The van der Waals surface area contributed by atoms with Gasteiger partial charge in [0.15, 0.2) is 11.5 Å². The number of nitrogens with one attached hydrogen (secondary N) is 1. The Labute approximate surface area is 102 Å². The smallest absolute Gasteiger partial charge is 0.231 e. The minimum absolute atomic E-state index is 0. The first-order chi connectivity index (χ1) is 7.43. The molecule has 0 aromatic heterocycles. The van der Waals surface area contributed by atoms with Crippen molar-refractivity contribution in [3.05, 3.63) is 23.8 Å². The van der Waals surface area contributed by atoms with Crippen LogP contribution in [0, 0.1) is 0 Å². The number of ether oxygens (including phenoxy) is 2. The van der Waals surface area contributed by atoms with Gasteiger partial charge < -0.3 is 14.8 Å². The van der Waals surface area contributed by atoms with Crippen molar-refractivity contribution in [2.45, 2.75) is 25.3 Å². The maximum Gasteiger partial charge on any atom is 0.231 e. The SMILES string of the molecule is Cl.c1cc2c(cc1[C@H]1CCCCN1)OCO2. The van der Waals surface area contributed by atoms with Crippen molar-refractivity contribution in [2.24, 2.45) is 0 Å². The maximum absolute atomic E-state index is 5.38. The van der Waals surface area contributed by atoms with Gasteiger partial charge in [0.25, 0.3) is 0 Å². The van der Waals surface area contributed by atoms with Crippen molar-refractivity contribution >= 4 is 12.4 Å². The lowest BCUT2D eigenvalue weighted by Gasteiger charge is -2.23. The third-order valence-corrected chi connectivity index (χ3v) is 3.11. The Bertz CT molecular complexity index is 364. The molecular formula is C12H16ClNO2. The van der Waals surface area contributed by atoms with Gasteiger partial charge in [-0.05, 0) is 37.1 Å². The first kappa shape index (κ1) is 11.6. The Morgan fingerprint density at radius 1 is 1.12 bits per heavy atom. The van der Waals surface area contributed by atoms with E-state index in [4.69, 9.17) is 9.47 Å². The van der Waals surface area contributed by atoms with Crippen LogP contribution in [-0.2, 0) is 0 Å². The molecule has 0 saturated carbocycles. The minimum Gasteiger partial charge on any atom is -0.454 e. The summed E-state index contributed by atoms with van der Waals surface area (Å²) >= 11 is 0. The lowest BCUT2D eigenvalue weighted by atomic mass is 9.97. The summed E-state index contributed by atoms with van der Waals surface area (Å²) in [5.74, 6) is 1.76. The van der Waals surface area contributed by atoms with E-state index in [1.54, 1.807) is 0 Å². The van der Waals surface area contributed by atoms with Gasteiger partial charge in [0.1, 0.15) is 0 Å². The molecule has 4 heteroatoms. The van der Waals surface area contributed by atoms with Crippen LogP contribution in [0.25, 0.3) is 0 Å². The van der Waals surface area contributed by atoms with E-state index in [9.17, 15) is 0 Å². The first-order valence-corrected chi connectivity index (χ1v) is 5.56. The molecule has 0 amide bonds. The number of piperidine rings is 1. The lowest BCUT2D eigenvalue weighted by Crippen LogP contribution is -2.26. The first-order valence-electron chi connectivity index (χ1n) is 5.56. The van der Waals surface area contributed by atoms with Gasteiger partial charge in [0.05, 0.1) is 0 Å². The summed E-state index contributed by atoms with van der Waals surface area (Å²) in [6, 6.07) is 6.74. The maximum atomic E-state index is 5.38. The fourth-order valence-electron chi connectivity index (χ4n) is 2.27. The van der Waals surface area contributed by atoms with Gasteiger partial charge in [-0.25, -0.2) is 0 Å². The van der Waals surface area contributed by atoms with E-state index in [0.29, 0.717) is 12.8 Å². The Morgan fingerprint density at radius 2 is 2.00 bits per heavy atom. The summed E-state index contributed by atoms with van der Waals surface area (Å²) < 4.78 is 10.7. The summed E-state index contributed by atoms with van der Waals surface area (Å²) in [5.41, 5.74) is 1.32. The number of fused-ring (bicyclic) bond motifs is 1. The molecule has 3 nitrogen and oxygen atoms in total. The summed E-state index contributed by atoms with van der Waals surface area (Å²) in [5, 5.41) is 3.53. The Hall–Kier alpha value is -0.930. The van der Waals surface area contributed by atoms with Crippen molar-refractivity contribution in [1.82, 2.24) is 5.32 Å². The second-order valence-corrected chi connectivity index (χ2v) is 4.12. The predicted molar refractivity (Wildman–Crippen MR) is 64.4 cm³/mol. The minimum atomic E-state index is 0. The average Bonchev–Trinajstić information content (AvgIpc) is 2.77. The highest BCUT2D eigenvalue weighted by atomic mass is 35.5. The van der Waals surface area contributed by atoms with Crippen molar-refractivity contribution in [1.29, 1.82) is 0 Å². The van der Waals surface area contributed by atoms with Gasteiger partial charge in [-0.3, -0.25) is 0 Å². The van der Waals surface area contributed by atoms with Gasteiger partial charge in [-0.2, -0.15) is 0 Å². The molecule has 1 fully saturated rings. The summed E-state index contributed by atoms with van der Waals surface area (Å²) in [6.45, 7) is 1.48. The van der Waals surface area contributed by atoms with Gasteiger partial charge in [-0.15, -0.1) is 12.4 Å². The van der Waals surface area contributed by atoms with E-state index in [1.807, 2.05) is 6.07 Å². The molecule has 88 valence electrons. The van der Waals surface area contributed by atoms with Crippen LogP contribution in [0.1, 0.15) is 30.9 Å². The largest absolute Gasteiger partial charge is 0.454 e. The lowest BCUT2D eigenvalue weighted by molar-refractivity contribution is 0.174. The molecule has 2 aliphatic heterocycles. The molecule has 2 aliphatic rings. The van der Waals surface area contributed by atoms with Crippen molar-refractivity contribution < 1.29 is 9.47 Å². The monoisotopic (exact) mass is 241 g/mol. The van der Waals surface area contributed by atoms with Crippen LogP contribution < -0.4 is 14.8 Å². The Balaban J connectivity index is 0.000000963. The van der Waals surface area contributed by atoms with Gasteiger partial charge in [0.2, 0.25) is 6.79 Å².